The number of para-hydroxylation sites is 1. The predicted molar refractivity (Wildman–Crippen MR) is 103 cm³/mol. The number of carbonyl (C=O) groups excluding carboxylic acids is 1. The zero-order valence-electron chi connectivity index (χ0n) is 15.3. The number of hydrogen-bond donors (Lipinski definition) is 1. The first-order valence-electron chi connectivity index (χ1n) is 8.75. The number of rotatable bonds is 6. The average Bonchev–Trinajstić information content (AvgIpc) is 2.79. The van der Waals surface area contributed by atoms with Crippen LogP contribution in [0.5, 0.6) is 5.75 Å². The predicted octanol–water partition coefficient (Wildman–Crippen LogP) is 2.78. The first kappa shape index (κ1) is 19.4. The molecule has 0 radical (unpaired) electrons. The molecule has 144 valence electrons. The Bertz CT molecular complexity index is 908. The summed E-state index contributed by atoms with van der Waals surface area (Å²) in [5.74, 6) is -0.0849. The third kappa shape index (κ3) is 5.08. The van der Waals surface area contributed by atoms with Crippen molar-refractivity contribution in [2.45, 2.75) is 25.4 Å². The summed E-state index contributed by atoms with van der Waals surface area (Å²) in [5, 5.41) is 2.91. The van der Waals surface area contributed by atoms with E-state index in [9.17, 15) is 13.2 Å². The second-order valence-corrected chi connectivity index (χ2v) is 8.28. The molecule has 2 aromatic rings. The zero-order chi connectivity index (χ0) is 19.4. The lowest BCUT2D eigenvalue weighted by atomic mass is 9.91. The Balaban J connectivity index is 1.84. The van der Waals surface area contributed by atoms with E-state index in [1.807, 2.05) is 36.4 Å². The highest BCUT2D eigenvalue weighted by molar-refractivity contribution is 7.86. The van der Waals surface area contributed by atoms with Crippen LogP contribution in [0.4, 0.5) is 5.69 Å². The molecule has 1 amide bonds. The van der Waals surface area contributed by atoms with Crippen LogP contribution in [0.25, 0.3) is 0 Å². The number of fused-ring (bicyclic) bond motifs is 1. The van der Waals surface area contributed by atoms with Crippen LogP contribution < -0.4 is 10.1 Å². The zero-order valence-corrected chi connectivity index (χ0v) is 16.2. The van der Waals surface area contributed by atoms with Crippen molar-refractivity contribution in [1.29, 1.82) is 0 Å². The van der Waals surface area contributed by atoms with Crippen LogP contribution in [0.1, 0.15) is 17.5 Å². The lowest BCUT2D eigenvalue weighted by Crippen LogP contribution is -2.36. The number of nitrogens with one attached hydrogen (secondary N) is 1. The normalized spacial score (nSPS) is 18.1. The Kier molecular flexibility index (Phi) is 5.82. The van der Waals surface area contributed by atoms with Crippen LogP contribution in [0.3, 0.4) is 0 Å². The van der Waals surface area contributed by atoms with E-state index in [1.165, 1.54) is 0 Å². The van der Waals surface area contributed by atoms with Crippen molar-refractivity contribution in [3.8, 4) is 5.75 Å². The third-order valence-electron chi connectivity index (χ3n) is 4.68. The van der Waals surface area contributed by atoms with Gasteiger partial charge in [0, 0.05) is 12.1 Å². The molecule has 1 N–H and O–H groups in total. The van der Waals surface area contributed by atoms with Crippen molar-refractivity contribution in [2.75, 3.05) is 18.7 Å². The van der Waals surface area contributed by atoms with Gasteiger partial charge in [0.25, 0.3) is 10.1 Å². The van der Waals surface area contributed by atoms with Gasteiger partial charge in [-0.25, -0.2) is 0 Å². The van der Waals surface area contributed by atoms with Gasteiger partial charge in [0.1, 0.15) is 5.75 Å². The molecule has 2 unspecified atom stereocenters. The number of anilines is 1. The smallest absolute Gasteiger partial charge is 0.264 e. The van der Waals surface area contributed by atoms with Gasteiger partial charge in [0.05, 0.1) is 25.4 Å². The number of ether oxygens (including phenoxy) is 1. The van der Waals surface area contributed by atoms with Crippen LogP contribution in [-0.2, 0) is 31.9 Å². The molecule has 2 atom stereocenters. The number of carbonyl (C=O) groups is 1. The van der Waals surface area contributed by atoms with E-state index < -0.39 is 22.1 Å². The lowest BCUT2D eigenvalue weighted by molar-refractivity contribution is -0.122. The molecule has 6 nitrogen and oxygen atoms in total. The lowest BCUT2D eigenvalue weighted by Gasteiger charge is -2.24. The molecule has 2 aromatic carbocycles. The molecule has 7 heteroatoms. The maximum Gasteiger partial charge on any atom is 0.264 e. The fourth-order valence-corrected chi connectivity index (χ4v) is 4.00. The van der Waals surface area contributed by atoms with Gasteiger partial charge in [-0.2, -0.15) is 8.42 Å². The van der Waals surface area contributed by atoms with Gasteiger partial charge in [0.15, 0.2) is 0 Å². The van der Waals surface area contributed by atoms with Crippen LogP contribution >= 0.6 is 0 Å². The number of methoxy groups -OCH3 is 1. The van der Waals surface area contributed by atoms with Crippen LogP contribution in [-0.4, -0.2) is 33.8 Å². The van der Waals surface area contributed by atoms with Crippen LogP contribution in [0, 0.1) is 5.92 Å². The first-order valence-corrected chi connectivity index (χ1v) is 10.6. The summed E-state index contributed by atoms with van der Waals surface area (Å²) in [6.07, 6.45) is 1.73. The van der Waals surface area contributed by atoms with E-state index in [4.69, 9.17) is 8.92 Å². The minimum absolute atomic E-state index is 0.220. The molecule has 1 aliphatic rings. The summed E-state index contributed by atoms with van der Waals surface area (Å²) in [5.41, 5.74) is 2.68. The Morgan fingerprint density at radius 3 is 2.52 bits per heavy atom. The van der Waals surface area contributed by atoms with Crippen molar-refractivity contribution in [3.63, 3.8) is 0 Å². The van der Waals surface area contributed by atoms with Crippen molar-refractivity contribution in [3.05, 3.63) is 59.7 Å². The van der Waals surface area contributed by atoms with Crippen LogP contribution in [0.2, 0.25) is 0 Å². The van der Waals surface area contributed by atoms with Crippen molar-refractivity contribution < 1.29 is 22.1 Å². The largest absolute Gasteiger partial charge is 0.497 e. The number of aryl methyl sites for hydroxylation is 1. The minimum Gasteiger partial charge on any atom is -0.497 e. The van der Waals surface area contributed by atoms with Gasteiger partial charge in [-0.3, -0.25) is 8.98 Å². The molecule has 0 saturated carbocycles. The fourth-order valence-electron chi connectivity index (χ4n) is 3.34. The number of benzene rings is 2. The summed E-state index contributed by atoms with van der Waals surface area (Å²) in [4.78, 5) is 12.8. The first-order chi connectivity index (χ1) is 12.9. The molecule has 0 aliphatic carbocycles. The van der Waals surface area contributed by atoms with Crippen molar-refractivity contribution in [2.24, 2.45) is 5.92 Å². The summed E-state index contributed by atoms with van der Waals surface area (Å²) in [7, 11) is -2.13. The molecule has 0 spiro atoms. The van der Waals surface area contributed by atoms with E-state index in [2.05, 4.69) is 5.32 Å². The topological polar surface area (TPSA) is 81.7 Å². The molecule has 1 aliphatic heterocycles. The van der Waals surface area contributed by atoms with Gasteiger partial charge in [-0.05, 0) is 42.2 Å². The highest BCUT2D eigenvalue weighted by atomic mass is 32.2. The van der Waals surface area contributed by atoms with Gasteiger partial charge in [-0.1, -0.05) is 30.3 Å². The fraction of sp³-hybridized carbons (Fsp3) is 0.350. The van der Waals surface area contributed by atoms with Gasteiger partial charge < -0.3 is 10.1 Å². The van der Waals surface area contributed by atoms with Crippen molar-refractivity contribution >= 4 is 21.7 Å². The molecule has 0 saturated heterocycles. The third-order valence-corrected chi connectivity index (χ3v) is 5.28. The van der Waals surface area contributed by atoms with E-state index in [-0.39, 0.29) is 5.91 Å². The second kappa shape index (κ2) is 8.10. The summed E-state index contributed by atoms with van der Waals surface area (Å²) < 4.78 is 34.1. The average molecular weight is 389 g/mol. The monoisotopic (exact) mass is 389 g/mol. The van der Waals surface area contributed by atoms with E-state index in [1.54, 1.807) is 19.2 Å². The molecule has 27 heavy (non-hydrogen) atoms. The van der Waals surface area contributed by atoms with E-state index >= 15 is 0 Å². The van der Waals surface area contributed by atoms with Gasteiger partial charge >= 0.3 is 0 Å². The van der Waals surface area contributed by atoms with Gasteiger partial charge in [-0.15, -0.1) is 0 Å². The molecular formula is C20H23NO5S. The number of hydrogen-bond acceptors (Lipinski definition) is 5. The molecule has 0 bridgehead atoms. The van der Waals surface area contributed by atoms with E-state index in [0.29, 0.717) is 25.0 Å². The summed E-state index contributed by atoms with van der Waals surface area (Å²) in [6.45, 7) is 0. The summed E-state index contributed by atoms with van der Waals surface area (Å²) >= 11 is 0. The highest BCUT2D eigenvalue weighted by Gasteiger charge is 2.34. The second-order valence-electron chi connectivity index (χ2n) is 6.68. The Morgan fingerprint density at radius 1 is 1.15 bits per heavy atom. The van der Waals surface area contributed by atoms with Crippen molar-refractivity contribution in [1.82, 2.24) is 0 Å². The number of amides is 1. The molecule has 1 heterocycles. The Hall–Kier alpha value is -2.38. The quantitative estimate of drug-likeness (QED) is 0.769. The van der Waals surface area contributed by atoms with E-state index in [0.717, 1.165) is 23.1 Å². The summed E-state index contributed by atoms with van der Waals surface area (Å²) in [6, 6.07) is 14.9. The SMILES string of the molecule is COc1ccc(CC(OS(C)(=O)=O)C2CCc3ccccc3NC2=O)cc1. The Morgan fingerprint density at radius 2 is 1.85 bits per heavy atom. The highest BCUT2D eigenvalue weighted by Crippen LogP contribution is 2.29. The van der Waals surface area contributed by atoms with Gasteiger partial charge in [0.2, 0.25) is 5.91 Å². The maximum absolute atomic E-state index is 12.8. The molecular weight excluding hydrogens is 366 g/mol. The van der Waals surface area contributed by atoms with Crippen LogP contribution in [0.15, 0.2) is 48.5 Å². The molecule has 0 aromatic heterocycles. The maximum atomic E-state index is 12.8. The Labute approximate surface area is 159 Å². The minimum atomic E-state index is -3.71. The molecule has 0 fully saturated rings. The molecule has 3 rings (SSSR count). The standard InChI is InChI=1S/C20H23NO5S/c1-25-16-10-7-14(8-11-16)13-19(26-27(2,23)24)17-12-9-15-5-3-4-6-18(15)21-20(17)22/h3-8,10-11,17,19H,9,12-13H2,1-2H3,(H,21,22).